The highest BCUT2D eigenvalue weighted by Crippen LogP contribution is 2.44. The summed E-state index contributed by atoms with van der Waals surface area (Å²) in [6, 6.07) is 65.7. The molecular weight excluding hydrogens is 703 g/mol. The minimum absolute atomic E-state index is 0.591. The van der Waals surface area contributed by atoms with E-state index in [1.165, 1.54) is 42.4 Å². The molecule has 4 nitrogen and oxygen atoms in total. The normalized spacial score (nSPS) is 11.6. The summed E-state index contributed by atoms with van der Waals surface area (Å²) in [5, 5.41) is 4.67. The molecule has 0 fully saturated rings. The minimum atomic E-state index is 0.591. The number of benzene rings is 8. The molecule has 0 aliphatic carbocycles. The molecule has 0 N–H and O–H groups in total. The molecule has 0 saturated heterocycles. The first-order valence-electron chi connectivity index (χ1n) is 18.7. The number of aromatic nitrogens is 3. The van der Waals surface area contributed by atoms with E-state index in [0.29, 0.717) is 17.5 Å². The van der Waals surface area contributed by atoms with Gasteiger partial charge in [-0.15, -0.1) is 11.3 Å². The zero-order valence-electron chi connectivity index (χ0n) is 30.1. The van der Waals surface area contributed by atoms with Crippen LogP contribution in [0.3, 0.4) is 0 Å². The molecule has 0 saturated carbocycles. The summed E-state index contributed by atoms with van der Waals surface area (Å²) < 4.78 is 9.25. The molecule has 0 atom stereocenters. The van der Waals surface area contributed by atoms with Crippen LogP contribution >= 0.6 is 11.3 Å². The molecule has 11 rings (SSSR count). The van der Waals surface area contributed by atoms with Gasteiger partial charge in [0.15, 0.2) is 17.5 Å². The van der Waals surface area contributed by atoms with Crippen molar-refractivity contribution in [1.82, 2.24) is 15.0 Å². The maximum atomic E-state index is 6.69. The first-order chi connectivity index (χ1) is 27.7. The van der Waals surface area contributed by atoms with Gasteiger partial charge in [-0.2, -0.15) is 0 Å². The highest BCUT2D eigenvalue weighted by Gasteiger charge is 2.18. The number of nitrogens with zero attached hydrogens (tertiary/aromatic N) is 3. The van der Waals surface area contributed by atoms with E-state index >= 15 is 0 Å². The summed E-state index contributed by atoms with van der Waals surface area (Å²) in [7, 11) is 0. The fraction of sp³-hybridized carbons (Fsp3) is 0. The third kappa shape index (κ3) is 5.65. The third-order valence-electron chi connectivity index (χ3n) is 10.5. The van der Waals surface area contributed by atoms with Crippen molar-refractivity contribution in [3.05, 3.63) is 188 Å². The Morgan fingerprint density at radius 2 is 0.786 bits per heavy atom. The van der Waals surface area contributed by atoms with Crippen molar-refractivity contribution in [1.29, 1.82) is 0 Å². The number of hydrogen-bond acceptors (Lipinski definition) is 5. The Bertz CT molecular complexity index is 3230. The summed E-state index contributed by atoms with van der Waals surface area (Å²) >= 11 is 1.85. The van der Waals surface area contributed by atoms with Crippen molar-refractivity contribution in [2.45, 2.75) is 0 Å². The van der Waals surface area contributed by atoms with Crippen LogP contribution in [0.1, 0.15) is 0 Å². The molecule has 262 valence electrons. The van der Waals surface area contributed by atoms with E-state index in [1.807, 2.05) is 47.7 Å². The topological polar surface area (TPSA) is 51.8 Å². The van der Waals surface area contributed by atoms with Crippen molar-refractivity contribution >= 4 is 53.4 Å². The minimum Gasteiger partial charge on any atom is -0.456 e. The van der Waals surface area contributed by atoms with Crippen LogP contribution in [0.25, 0.3) is 110 Å². The molecular formula is C51H31N3OS. The van der Waals surface area contributed by atoms with E-state index < -0.39 is 0 Å². The van der Waals surface area contributed by atoms with E-state index in [2.05, 4.69) is 152 Å². The van der Waals surface area contributed by atoms with Crippen molar-refractivity contribution < 1.29 is 4.42 Å². The molecule has 0 spiro atoms. The molecule has 11 aromatic rings. The van der Waals surface area contributed by atoms with Gasteiger partial charge >= 0.3 is 0 Å². The van der Waals surface area contributed by atoms with Crippen LogP contribution in [-0.4, -0.2) is 15.0 Å². The Kier molecular flexibility index (Phi) is 7.64. The van der Waals surface area contributed by atoms with Gasteiger partial charge in [0, 0.05) is 47.6 Å². The van der Waals surface area contributed by atoms with Crippen LogP contribution in [0.5, 0.6) is 0 Å². The zero-order valence-corrected chi connectivity index (χ0v) is 30.9. The number of thiophene rings is 1. The summed E-state index contributed by atoms with van der Waals surface area (Å²) in [6.07, 6.45) is 0. The molecule has 0 amide bonds. The fourth-order valence-electron chi connectivity index (χ4n) is 7.76. The molecule has 0 radical (unpaired) electrons. The fourth-order valence-corrected chi connectivity index (χ4v) is 8.93. The lowest BCUT2D eigenvalue weighted by molar-refractivity contribution is 0.669. The lowest BCUT2D eigenvalue weighted by atomic mass is 9.94. The summed E-state index contributed by atoms with van der Waals surface area (Å²) in [4.78, 5) is 15.0. The van der Waals surface area contributed by atoms with Crippen molar-refractivity contribution in [2.24, 2.45) is 0 Å². The maximum absolute atomic E-state index is 6.69. The summed E-state index contributed by atoms with van der Waals surface area (Å²) in [5.74, 6) is 1.83. The van der Waals surface area contributed by atoms with Gasteiger partial charge in [-0.1, -0.05) is 146 Å². The standard InChI is InChI=1S/C51H31N3OS/c1-4-12-32(13-5-1)34-20-22-36(23-21-34)50-52-49(35-16-8-3-9-17-35)53-51(54-50)38-25-27-41-40-26-24-37(29-44(40)55-45(41)30-38)43-28-39(33-14-6-2-7-15-33)31-47-48(43)42-18-10-11-19-46(42)56-47/h1-31H. The lowest BCUT2D eigenvalue weighted by Gasteiger charge is -2.10. The van der Waals surface area contributed by atoms with E-state index in [-0.39, 0.29) is 0 Å². The second kappa shape index (κ2) is 13.3. The van der Waals surface area contributed by atoms with Gasteiger partial charge in [0.2, 0.25) is 0 Å². The highest BCUT2D eigenvalue weighted by molar-refractivity contribution is 7.26. The van der Waals surface area contributed by atoms with E-state index in [9.17, 15) is 0 Å². The summed E-state index contributed by atoms with van der Waals surface area (Å²) in [5.41, 5.74) is 11.4. The molecule has 0 bridgehead atoms. The van der Waals surface area contributed by atoms with Gasteiger partial charge in [-0.3, -0.25) is 0 Å². The molecule has 56 heavy (non-hydrogen) atoms. The number of furan rings is 1. The van der Waals surface area contributed by atoms with E-state index in [0.717, 1.165) is 49.8 Å². The van der Waals surface area contributed by atoms with Gasteiger partial charge in [-0.25, -0.2) is 15.0 Å². The highest BCUT2D eigenvalue weighted by atomic mass is 32.1. The quantitative estimate of drug-likeness (QED) is 0.171. The number of rotatable bonds is 6. The molecule has 3 aromatic heterocycles. The molecule has 3 heterocycles. The molecule has 0 aliphatic heterocycles. The van der Waals surface area contributed by atoms with E-state index in [1.54, 1.807) is 0 Å². The van der Waals surface area contributed by atoms with Gasteiger partial charge in [0.05, 0.1) is 0 Å². The van der Waals surface area contributed by atoms with Gasteiger partial charge < -0.3 is 4.42 Å². The van der Waals surface area contributed by atoms with Crippen LogP contribution in [0.2, 0.25) is 0 Å². The monoisotopic (exact) mass is 733 g/mol. The van der Waals surface area contributed by atoms with Gasteiger partial charge in [0.25, 0.3) is 0 Å². The largest absolute Gasteiger partial charge is 0.456 e. The Balaban J connectivity index is 1.03. The predicted octanol–water partition coefficient (Wildman–Crippen LogP) is 14.1. The smallest absolute Gasteiger partial charge is 0.164 e. The van der Waals surface area contributed by atoms with Crippen LogP contribution in [0, 0.1) is 0 Å². The first-order valence-corrected chi connectivity index (χ1v) is 19.5. The molecule has 5 heteroatoms. The maximum Gasteiger partial charge on any atom is 0.164 e. The Labute approximate surface area is 327 Å². The first kappa shape index (κ1) is 32.2. The van der Waals surface area contributed by atoms with Crippen LogP contribution < -0.4 is 0 Å². The van der Waals surface area contributed by atoms with Gasteiger partial charge in [-0.05, 0) is 75.8 Å². The van der Waals surface area contributed by atoms with Gasteiger partial charge in [0.1, 0.15) is 11.2 Å². The molecule has 8 aromatic carbocycles. The van der Waals surface area contributed by atoms with Crippen LogP contribution in [0.4, 0.5) is 0 Å². The second-order valence-corrected chi connectivity index (χ2v) is 15.1. The van der Waals surface area contributed by atoms with Crippen LogP contribution in [-0.2, 0) is 0 Å². The van der Waals surface area contributed by atoms with Crippen LogP contribution in [0.15, 0.2) is 192 Å². The van der Waals surface area contributed by atoms with Crippen molar-refractivity contribution in [2.75, 3.05) is 0 Å². The number of hydrogen-bond donors (Lipinski definition) is 0. The van der Waals surface area contributed by atoms with Crippen molar-refractivity contribution in [3.8, 4) is 67.5 Å². The Morgan fingerprint density at radius 1 is 0.321 bits per heavy atom. The SMILES string of the molecule is c1ccc(-c2ccc(-c3nc(-c4ccccc4)nc(-c4ccc5c(c4)oc4cc(-c6cc(-c7ccccc7)cc7sc8ccccc8c67)ccc45)n3)cc2)cc1. The predicted molar refractivity (Wildman–Crippen MR) is 233 cm³/mol. The lowest BCUT2D eigenvalue weighted by Crippen LogP contribution is -2.00. The Morgan fingerprint density at radius 3 is 1.45 bits per heavy atom. The third-order valence-corrected chi connectivity index (χ3v) is 11.7. The molecule has 0 unspecified atom stereocenters. The average molecular weight is 734 g/mol. The zero-order chi connectivity index (χ0) is 37.0. The van der Waals surface area contributed by atoms with Crippen molar-refractivity contribution in [3.63, 3.8) is 0 Å². The molecule has 0 aliphatic rings. The second-order valence-electron chi connectivity index (χ2n) is 14.0. The Hall–Kier alpha value is -7.21. The summed E-state index contributed by atoms with van der Waals surface area (Å²) in [6.45, 7) is 0. The number of fused-ring (bicyclic) bond motifs is 6. The van der Waals surface area contributed by atoms with E-state index in [4.69, 9.17) is 19.4 Å². The average Bonchev–Trinajstić information content (AvgIpc) is 3.84.